The average Bonchev–Trinajstić information content (AvgIpc) is 3.07. The average molecular weight is 375 g/mol. The Morgan fingerprint density at radius 3 is 2.76 bits per heavy atom. The van der Waals surface area contributed by atoms with Crippen LogP contribution < -0.4 is 5.32 Å². The number of aryl methyl sites for hydroxylation is 1. The number of methoxy groups -OCH3 is 1. The Hall–Kier alpha value is -2.33. The Bertz CT molecular complexity index is 904. The van der Waals surface area contributed by atoms with Crippen LogP contribution in [0, 0.1) is 0 Å². The minimum absolute atomic E-state index is 0.0159. The summed E-state index contributed by atoms with van der Waals surface area (Å²) in [4.78, 5) is 8.23. The van der Waals surface area contributed by atoms with Gasteiger partial charge in [-0.2, -0.15) is 23.3 Å². The van der Waals surface area contributed by atoms with E-state index in [2.05, 4.69) is 20.4 Å². The lowest BCUT2D eigenvalue weighted by Crippen LogP contribution is -2.11. The van der Waals surface area contributed by atoms with E-state index in [1.165, 1.54) is 19.5 Å². The molecule has 0 atom stereocenters. The van der Waals surface area contributed by atoms with E-state index in [4.69, 9.17) is 16.3 Å². The number of rotatable bonds is 5. The van der Waals surface area contributed by atoms with Gasteiger partial charge in [0.15, 0.2) is 5.69 Å². The molecule has 3 aromatic heterocycles. The molecule has 0 spiro atoms. The number of alkyl halides is 3. The van der Waals surface area contributed by atoms with Gasteiger partial charge < -0.3 is 14.6 Å². The first-order chi connectivity index (χ1) is 11.8. The van der Waals surface area contributed by atoms with Crippen LogP contribution >= 0.6 is 11.6 Å². The maximum absolute atomic E-state index is 13.2. The zero-order chi connectivity index (χ0) is 18.2. The third kappa shape index (κ3) is 3.54. The Morgan fingerprint density at radius 2 is 2.08 bits per heavy atom. The van der Waals surface area contributed by atoms with Crippen LogP contribution in [0.15, 0.2) is 18.6 Å². The molecule has 0 radical (unpaired) electrons. The summed E-state index contributed by atoms with van der Waals surface area (Å²) in [6, 6.07) is 0. The smallest absolute Gasteiger partial charge is 0.383 e. The standard InChI is InChI=1S/C14H14ClF3N6O/c1-23-6-9(15)8-5-19-13(21-12(8)23)20-10-7-24(3-4-25-2)22-11(10)14(16,17)18/h5-7H,3-4H2,1-2H3,(H,19,20,21). The SMILES string of the molecule is COCCn1cc(Nc2ncc3c(Cl)cn(C)c3n2)c(C(F)(F)F)n1. The molecule has 134 valence electrons. The van der Waals surface area contributed by atoms with Gasteiger partial charge >= 0.3 is 6.18 Å². The first-order valence-electron chi connectivity index (χ1n) is 7.17. The van der Waals surface area contributed by atoms with Crippen molar-refractivity contribution in [3.8, 4) is 0 Å². The van der Waals surface area contributed by atoms with Crippen LogP contribution in [-0.4, -0.2) is 38.0 Å². The number of hydrogen-bond donors (Lipinski definition) is 1. The fourth-order valence-corrected chi connectivity index (χ4v) is 2.59. The summed E-state index contributed by atoms with van der Waals surface area (Å²) in [5.41, 5.74) is -0.775. The van der Waals surface area contributed by atoms with Gasteiger partial charge in [-0.05, 0) is 0 Å². The molecule has 3 rings (SSSR count). The molecule has 0 aliphatic heterocycles. The summed E-state index contributed by atoms with van der Waals surface area (Å²) in [7, 11) is 3.19. The zero-order valence-corrected chi connectivity index (χ0v) is 14.1. The first kappa shape index (κ1) is 17.5. The topological polar surface area (TPSA) is 69.8 Å². The predicted molar refractivity (Wildman–Crippen MR) is 85.9 cm³/mol. The third-order valence-electron chi connectivity index (χ3n) is 3.47. The highest BCUT2D eigenvalue weighted by molar-refractivity contribution is 6.35. The number of anilines is 2. The fourth-order valence-electron chi connectivity index (χ4n) is 2.31. The molecule has 3 aromatic rings. The lowest BCUT2D eigenvalue weighted by molar-refractivity contribution is -0.140. The molecule has 0 amide bonds. The molecule has 0 bridgehead atoms. The highest BCUT2D eigenvalue weighted by Crippen LogP contribution is 2.34. The highest BCUT2D eigenvalue weighted by atomic mass is 35.5. The van der Waals surface area contributed by atoms with Crippen molar-refractivity contribution in [1.29, 1.82) is 0 Å². The van der Waals surface area contributed by atoms with Crippen molar-refractivity contribution in [2.24, 2.45) is 7.05 Å². The predicted octanol–water partition coefficient (Wildman–Crippen LogP) is 3.23. The van der Waals surface area contributed by atoms with Crippen molar-refractivity contribution < 1.29 is 17.9 Å². The number of fused-ring (bicyclic) bond motifs is 1. The van der Waals surface area contributed by atoms with Crippen molar-refractivity contribution in [2.75, 3.05) is 19.0 Å². The summed E-state index contributed by atoms with van der Waals surface area (Å²) in [6.07, 6.45) is -0.267. The summed E-state index contributed by atoms with van der Waals surface area (Å²) in [5, 5.41) is 7.23. The van der Waals surface area contributed by atoms with Crippen molar-refractivity contribution in [2.45, 2.75) is 12.7 Å². The Balaban J connectivity index is 1.96. The Morgan fingerprint density at radius 1 is 1.32 bits per heavy atom. The molecule has 0 saturated carbocycles. The molecule has 1 N–H and O–H groups in total. The van der Waals surface area contributed by atoms with Gasteiger partial charge in [-0.15, -0.1) is 0 Å². The fraction of sp³-hybridized carbons (Fsp3) is 0.357. The molecule has 0 aliphatic carbocycles. The van der Waals surface area contributed by atoms with E-state index < -0.39 is 11.9 Å². The molecule has 11 heteroatoms. The monoisotopic (exact) mass is 374 g/mol. The lowest BCUT2D eigenvalue weighted by Gasteiger charge is -2.07. The maximum atomic E-state index is 13.2. The van der Waals surface area contributed by atoms with Crippen molar-refractivity contribution in [3.63, 3.8) is 0 Å². The minimum Gasteiger partial charge on any atom is -0.383 e. The number of nitrogens with zero attached hydrogens (tertiary/aromatic N) is 5. The van der Waals surface area contributed by atoms with E-state index in [0.717, 1.165) is 4.68 Å². The van der Waals surface area contributed by atoms with Gasteiger partial charge in [-0.3, -0.25) is 4.68 Å². The van der Waals surface area contributed by atoms with Crippen LogP contribution in [0.2, 0.25) is 5.02 Å². The summed E-state index contributed by atoms with van der Waals surface area (Å²) in [5.74, 6) is 0.0159. The Labute approximate surface area is 145 Å². The second-order valence-electron chi connectivity index (χ2n) is 5.29. The first-order valence-corrected chi connectivity index (χ1v) is 7.55. The molecule has 25 heavy (non-hydrogen) atoms. The molecule has 0 aliphatic rings. The van der Waals surface area contributed by atoms with Gasteiger partial charge in [-0.1, -0.05) is 11.6 Å². The molecule has 0 saturated heterocycles. The lowest BCUT2D eigenvalue weighted by atomic mass is 10.3. The molecule has 0 aromatic carbocycles. The van der Waals surface area contributed by atoms with Gasteiger partial charge in [0.05, 0.1) is 29.2 Å². The second-order valence-corrected chi connectivity index (χ2v) is 5.70. The Kier molecular flexibility index (Phi) is 4.56. The molecule has 3 heterocycles. The van der Waals surface area contributed by atoms with E-state index >= 15 is 0 Å². The highest BCUT2D eigenvalue weighted by Gasteiger charge is 2.37. The van der Waals surface area contributed by atoms with Gasteiger partial charge in [0.1, 0.15) is 5.65 Å². The minimum atomic E-state index is -4.61. The van der Waals surface area contributed by atoms with Crippen molar-refractivity contribution in [1.82, 2.24) is 24.3 Å². The normalized spacial score (nSPS) is 12.1. The van der Waals surface area contributed by atoms with Gasteiger partial charge in [-0.25, -0.2) is 4.98 Å². The summed E-state index contributed by atoms with van der Waals surface area (Å²) < 4.78 is 47.3. The maximum Gasteiger partial charge on any atom is 0.437 e. The van der Waals surface area contributed by atoms with Gasteiger partial charge in [0.2, 0.25) is 5.95 Å². The number of nitrogens with one attached hydrogen (secondary N) is 1. The van der Waals surface area contributed by atoms with Crippen molar-refractivity contribution >= 4 is 34.3 Å². The van der Waals surface area contributed by atoms with Crippen LogP contribution in [0.25, 0.3) is 11.0 Å². The largest absolute Gasteiger partial charge is 0.437 e. The molecule has 0 unspecified atom stereocenters. The van der Waals surface area contributed by atoms with Crippen LogP contribution in [0.5, 0.6) is 0 Å². The molecule has 7 nitrogen and oxygen atoms in total. The van der Waals surface area contributed by atoms with E-state index in [-0.39, 0.29) is 24.8 Å². The van der Waals surface area contributed by atoms with E-state index in [0.29, 0.717) is 16.1 Å². The number of ether oxygens (including phenoxy) is 1. The van der Waals surface area contributed by atoms with Gasteiger partial charge in [0, 0.05) is 32.7 Å². The third-order valence-corrected chi connectivity index (χ3v) is 3.77. The van der Waals surface area contributed by atoms with E-state index in [1.807, 2.05) is 0 Å². The van der Waals surface area contributed by atoms with Crippen LogP contribution in [0.4, 0.5) is 24.8 Å². The van der Waals surface area contributed by atoms with Crippen LogP contribution in [0.3, 0.4) is 0 Å². The summed E-state index contributed by atoms with van der Waals surface area (Å²) in [6.45, 7) is 0.428. The number of aromatic nitrogens is 5. The second kappa shape index (κ2) is 6.52. The molecular weight excluding hydrogens is 361 g/mol. The zero-order valence-electron chi connectivity index (χ0n) is 13.3. The van der Waals surface area contributed by atoms with E-state index in [1.54, 1.807) is 17.8 Å². The summed E-state index contributed by atoms with van der Waals surface area (Å²) >= 11 is 6.03. The number of halogens is 4. The quantitative estimate of drug-likeness (QED) is 0.742. The molecular formula is C14H14ClF3N6O. The van der Waals surface area contributed by atoms with Crippen LogP contribution in [-0.2, 0) is 24.5 Å². The van der Waals surface area contributed by atoms with E-state index in [9.17, 15) is 13.2 Å². The molecule has 0 fully saturated rings. The van der Waals surface area contributed by atoms with Crippen molar-refractivity contribution in [3.05, 3.63) is 29.3 Å². The number of hydrogen-bond acceptors (Lipinski definition) is 5. The van der Waals surface area contributed by atoms with Crippen LogP contribution in [0.1, 0.15) is 5.69 Å². The van der Waals surface area contributed by atoms with Gasteiger partial charge in [0.25, 0.3) is 0 Å².